The lowest BCUT2D eigenvalue weighted by Crippen LogP contribution is -2.29. The molecule has 1 fully saturated rings. The third kappa shape index (κ3) is 2.88. The van der Waals surface area contributed by atoms with E-state index in [1.54, 1.807) is 0 Å². The van der Waals surface area contributed by atoms with Gasteiger partial charge < -0.3 is 15.8 Å². The van der Waals surface area contributed by atoms with E-state index in [0.717, 1.165) is 25.4 Å². The lowest BCUT2D eigenvalue weighted by molar-refractivity contribution is 0.142. The molecule has 0 aromatic carbocycles. The first-order chi connectivity index (χ1) is 4.93. The first-order valence-electron chi connectivity index (χ1n) is 3.57. The van der Waals surface area contributed by atoms with E-state index in [1.165, 1.54) is 0 Å². The van der Waals surface area contributed by atoms with E-state index in [1.807, 2.05) is 11.8 Å². The Labute approximate surface area is 65.7 Å². The lowest BCUT2D eigenvalue weighted by Gasteiger charge is -2.08. The van der Waals surface area contributed by atoms with Gasteiger partial charge in [-0.05, 0) is 0 Å². The highest BCUT2D eigenvalue weighted by molar-refractivity contribution is 8.00. The molecule has 0 spiro atoms. The van der Waals surface area contributed by atoms with Gasteiger partial charge in [0.15, 0.2) is 0 Å². The summed E-state index contributed by atoms with van der Waals surface area (Å²) in [7, 11) is 0. The molecule has 0 aromatic rings. The molecule has 0 aliphatic carbocycles. The van der Waals surface area contributed by atoms with Crippen molar-refractivity contribution in [2.24, 2.45) is 5.73 Å². The highest BCUT2D eigenvalue weighted by atomic mass is 32.2. The fourth-order valence-corrected chi connectivity index (χ4v) is 1.73. The molecule has 1 aliphatic rings. The first-order valence-corrected chi connectivity index (χ1v) is 4.62. The van der Waals surface area contributed by atoms with Crippen LogP contribution < -0.4 is 11.1 Å². The zero-order valence-electron chi connectivity index (χ0n) is 6.01. The Hall–Kier alpha value is 0.230. The van der Waals surface area contributed by atoms with Crippen molar-refractivity contribution < 1.29 is 4.74 Å². The number of thioether (sulfide) groups is 1. The normalized spacial score (nSPS) is 25.5. The molecule has 60 valence electrons. The van der Waals surface area contributed by atoms with Gasteiger partial charge >= 0.3 is 0 Å². The molecule has 0 radical (unpaired) electrons. The summed E-state index contributed by atoms with van der Waals surface area (Å²) in [6.45, 7) is 3.43. The van der Waals surface area contributed by atoms with Gasteiger partial charge in [0, 0.05) is 25.4 Å². The highest BCUT2D eigenvalue weighted by Crippen LogP contribution is 2.17. The summed E-state index contributed by atoms with van der Waals surface area (Å²) < 4.78 is 5.36. The Morgan fingerprint density at radius 2 is 2.60 bits per heavy atom. The molecule has 1 rings (SSSR count). The maximum absolute atomic E-state index is 5.36. The molecule has 1 heterocycles. The third-order valence-electron chi connectivity index (χ3n) is 1.32. The van der Waals surface area contributed by atoms with Crippen molar-refractivity contribution >= 4 is 11.8 Å². The van der Waals surface area contributed by atoms with Gasteiger partial charge in [0.05, 0.1) is 6.61 Å². The Morgan fingerprint density at radius 3 is 3.20 bits per heavy atom. The Morgan fingerprint density at radius 1 is 1.70 bits per heavy atom. The second-order valence-corrected chi connectivity index (χ2v) is 3.43. The van der Waals surface area contributed by atoms with E-state index in [9.17, 15) is 0 Å². The van der Waals surface area contributed by atoms with Crippen molar-refractivity contribution in [2.45, 2.75) is 5.44 Å². The van der Waals surface area contributed by atoms with Crippen LogP contribution >= 0.6 is 11.8 Å². The molecule has 1 atom stereocenters. The van der Waals surface area contributed by atoms with E-state index in [-0.39, 0.29) is 0 Å². The average molecular weight is 162 g/mol. The minimum absolute atomic E-state index is 0.367. The zero-order chi connectivity index (χ0) is 7.23. The van der Waals surface area contributed by atoms with Gasteiger partial charge in [-0.15, -0.1) is 11.8 Å². The van der Waals surface area contributed by atoms with Gasteiger partial charge in [-0.25, -0.2) is 0 Å². The van der Waals surface area contributed by atoms with Gasteiger partial charge in [0.25, 0.3) is 0 Å². The summed E-state index contributed by atoms with van der Waals surface area (Å²) in [5.41, 5.74) is 5.67. The maximum Gasteiger partial charge on any atom is 0.115 e. The van der Waals surface area contributed by atoms with Crippen molar-refractivity contribution in [3.05, 3.63) is 0 Å². The minimum Gasteiger partial charge on any atom is -0.365 e. The van der Waals surface area contributed by atoms with Crippen LogP contribution in [0.2, 0.25) is 0 Å². The van der Waals surface area contributed by atoms with Crippen LogP contribution in [0, 0.1) is 0 Å². The number of nitrogens with one attached hydrogen (secondary N) is 1. The molecule has 10 heavy (non-hydrogen) atoms. The fraction of sp³-hybridized carbons (Fsp3) is 1.00. The number of nitrogens with two attached hydrogens (primary N) is 1. The maximum atomic E-state index is 5.36. The summed E-state index contributed by atoms with van der Waals surface area (Å²) in [5.74, 6) is 1.13. The second kappa shape index (κ2) is 4.96. The Bertz CT molecular complexity index is 85.8. The summed E-state index contributed by atoms with van der Waals surface area (Å²) in [6.07, 6.45) is 0. The van der Waals surface area contributed by atoms with Crippen LogP contribution in [0.1, 0.15) is 0 Å². The van der Waals surface area contributed by atoms with E-state index >= 15 is 0 Å². The van der Waals surface area contributed by atoms with Crippen LogP contribution in [0.3, 0.4) is 0 Å². The molecular weight excluding hydrogens is 148 g/mol. The van der Waals surface area contributed by atoms with Crippen LogP contribution in [0.15, 0.2) is 0 Å². The average Bonchev–Trinajstić information content (AvgIpc) is 2.41. The van der Waals surface area contributed by atoms with Gasteiger partial charge in [0.2, 0.25) is 0 Å². The van der Waals surface area contributed by atoms with Gasteiger partial charge in [-0.3, -0.25) is 0 Å². The van der Waals surface area contributed by atoms with E-state index in [0.29, 0.717) is 12.0 Å². The third-order valence-corrected chi connectivity index (χ3v) is 2.40. The van der Waals surface area contributed by atoms with Gasteiger partial charge in [0.1, 0.15) is 5.44 Å². The predicted octanol–water partition coefficient (Wildman–Crippen LogP) is -0.376. The van der Waals surface area contributed by atoms with Crippen molar-refractivity contribution in [2.75, 3.05) is 32.0 Å². The van der Waals surface area contributed by atoms with Crippen molar-refractivity contribution in [3.63, 3.8) is 0 Å². The molecule has 3 N–H and O–H groups in total. The minimum atomic E-state index is 0.367. The van der Waals surface area contributed by atoms with Crippen LogP contribution in [-0.4, -0.2) is 37.4 Å². The lowest BCUT2D eigenvalue weighted by atomic mass is 10.6. The quantitative estimate of drug-likeness (QED) is 0.553. The van der Waals surface area contributed by atoms with Gasteiger partial charge in [-0.2, -0.15) is 0 Å². The van der Waals surface area contributed by atoms with Crippen LogP contribution in [0.4, 0.5) is 0 Å². The van der Waals surface area contributed by atoms with E-state index in [4.69, 9.17) is 10.5 Å². The van der Waals surface area contributed by atoms with E-state index < -0.39 is 0 Å². The Balaban J connectivity index is 1.91. The number of hydrogen-bond acceptors (Lipinski definition) is 4. The topological polar surface area (TPSA) is 47.3 Å². The molecular formula is C6H14N2OS. The van der Waals surface area contributed by atoms with Crippen LogP contribution in [0.5, 0.6) is 0 Å². The molecule has 1 aliphatic heterocycles. The number of hydrogen-bond donors (Lipinski definition) is 2. The second-order valence-electron chi connectivity index (χ2n) is 2.16. The summed E-state index contributed by atoms with van der Waals surface area (Å²) in [5, 5.41) is 3.21. The molecule has 3 nitrogen and oxygen atoms in total. The largest absolute Gasteiger partial charge is 0.365 e. The first kappa shape index (κ1) is 8.33. The van der Waals surface area contributed by atoms with Crippen molar-refractivity contribution in [1.82, 2.24) is 5.32 Å². The van der Waals surface area contributed by atoms with Crippen molar-refractivity contribution in [3.8, 4) is 0 Å². The molecule has 4 heteroatoms. The number of ether oxygens (including phenoxy) is 1. The predicted molar refractivity (Wildman–Crippen MR) is 44.1 cm³/mol. The standard InChI is InChI=1S/C6H14N2OS/c7-1-2-8-5-6-9-3-4-10-6/h6,8H,1-5,7H2. The summed E-state index contributed by atoms with van der Waals surface area (Å²) in [4.78, 5) is 0. The zero-order valence-corrected chi connectivity index (χ0v) is 6.82. The van der Waals surface area contributed by atoms with Crippen molar-refractivity contribution in [1.29, 1.82) is 0 Å². The monoisotopic (exact) mass is 162 g/mol. The molecule has 1 saturated heterocycles. The SMILES string of the molecule is NCCNCC1OCCS1. The van der Waals surface area contributed by atoms with Crippen LogP contribution in [-0.2, 0) is 4.74 Å². The molecule has 0 aromatic heterocycles. The van der Waals surface area contributed by atoms with Gasteiger partial charge in [-0.1, -0.05) is 0 Å². The van der Waals surface area contributed by atoms with Crippen LogP contribution in [0.25, 0.3) is 0 Å². The summed E-state index contributed by atoms with van der Waals surface area (Å²) in [6, 6.07) is 0. The molecule has 1 unspecified atom stereocenters. The Kier molecular flexibility index (Phi) is 4.13. The van der Waals surface area contributed by atoms with E-state index in [2.05, 4.69) is 5.32 Å². The fourth-order valence-electron chi connectivity index (χ4n) is 0.847. The smallest absolute Gasteiger partial charge is 0.115 e. The molecule has 0 saturated carbocycles. The highest BCUT2D eigenvalue weighted by Gasteiger charge is 2.14. The number of rotatable bonds is 4. The molecule has 0 bridgehead atoms. The molecule has 0 amide bonds. The summed E-state index contributed by atoms with van der Waals surface area (Å²) >= 11 is 1.87.